The van der Waals surface area contributed by atoms with Crippen LogP contribution in [-0.4, -0.2) is 47.1 Å². The average Bonchev–Trinajstić information content (AvgIpc) is 3.02. The Hall–Kier alpha value is -2.70. The molecule has 7 heteroatoms. The first-order chi connectivity index (χ1) is 11.2. The Morgan fingerprint density at radius 3 is 3.00 bits per heavy atom. The van der Waals surface area contributed by atoms with Crippen LogP contribution in [0.4, 0.5) is 4.39 Å². The van der Waals surface area contributed by atoms with E-state index in [0.29, 0.717) is 31.0 Å². The van der Waals surface area contributed by atoms with Crippen molar-refractivity contribution in [3.8, 4) is 11.8 Å². The van der Waals surface area contributed by atoms with Crippen molar-refractivity contribution < 1.29 is 18.7 Å². The highest BCUT2D eigenvalue weighted by molar-refractivity contribution is 5.94. The average molecular weight is 317 g/mol. The summed E-state index contributed by atoms with van der Waals surface area (Å²) in [4.78, 5) is 21.8. The third-order valence-corrected chi connectivity index (χ3v) is 3.60. The molecule has 0 radical (unpaired) electrons. The Morgan fingerprint density at radius 1 is 1.35 bits per heavy atom. The first kappa shape index (κ1) is 15.2. The lowest BCUT2D eigenvalue weighted by Gasteiger charge is -2.17. The van der Waals surface area contributed by atoms with Gasteiger partial charge >= 0.3 is 0 Å². The molecule has 0 aromatic carbocycles. The molecule has 0 spiro atoms. The van der Waals surface area contributed by atoms with Gasteiger partial charge in [0.15, 0.2) is 0 Å². The van der Waals surface area contributed by atoms with Gasteiger partial charge in [-0.15, -0.1) is 0 Å². The molecule has 6 nitrogen and oxygen atoms in total. The maximum absolute atomic E-state index is 13.1. The summed E-state index contributed by atoms with van der Waals surface area (Å²) in [5.74, 6) is -0.0667. The van der Waals surface area contributed by atoms with Gasteiger partial charge in [-0.1, -0.05) is 6.07 Å². The Kier molecular flexibility index (Phi) is 4.36. The Bertz CT molecular complexity index is 710. The van der Waals surface area contributed by atoms with Crippen molar-refractivity contribution in [2.45, 2.75) is 12.5 Å². The lowest BCUT2D eigenvalue weighted by Crippen LogP contribution is -2.31. The van der Waals surface area contributed by atoms with E-state index in [1.54, 1.807) is 29.2 Å². The fraction of sp³-hybridized carbons (Fsp3) is 0.312. The summed E-state index contributed by atoms with van der Waals surface area (Å²) >= 11 is 0. The maximum atomic E-state index is 13.1. The summed E-state index contributed by atoms with van der Waals surface area (Å²) in [5.41, 5.74) is 0.515. The zero-order valence-corrected chi connectivity index (χ0v) is 12.6. The van der Waals surface area contributed by atoms with Crippen molar-refractivity contribution in [2.75, 3.05) is 20.2 Å². The number of likely N-dealkylation sites (tertiary alicyclic amines) is 1. The van der Waals surface area contributed by atoms with E-state index in [1.807, 2.05) is 0 Å². The predicted octanol–water partition coefficient (Wildman–Crippen LogP) is 1.92. The van der Waals surface area contributed by atoms with Gasteiger partial charge in [-0.05, 0) is 12.1 Å². The molecule has 0 saturated carbocycles. The summed E-state index contributed by atoms with van der Waals surface area (Å²) in [7, 11) is 1.50. The first-order valence-electron chi connectivity index (χ1n) is 7.24. The first-order valence-corrected chi connectivity index (χ1v) is 7.24. The van der Waals surface area contributed by atoms with Gasteiger partial charge in [-0.2, -0.15) is 9.37 Å². The number of methoxy groups -OCH3 is 1. The largest absolute Gasteiger partial charge is 0.481 e. The minimum Gasteiger partial charge on any atom is -0.481 e. The number of ether oxygens (including phenoxy) is 2. The number of amides is 1. The van der Waals surface area contributed by atoms with Gasteiger partial charge in [0, 0.05) is 36.9 Å². The molecule has 1 unspecified atom stereocenters. The van der Waals surface area contributed by atoms with E-state index in [1.165, 1.54) is 19.4 Å². The molecule has 1 aliphatic rings. The summed E-state index contributed by atoms with van der Waals surface area (Å²) in [6.07, 6.45) is 2.01. The summed E-state index contributed by atoms with van der Waals surface area (Å²) in [6, 6.07) is 7.64. The van der Waals surface area contributed by atoms with Crippen LogP contribution in [-0.2, 0) is 0 Å². The predicted molar refractivity (Wildman–Crippen MR) is 79.9 cm³/mol. The van der Waals surface area contributed by atoms with Gasteiger partial charge < -0.3 is 14.4 Å². The number of carbonyl (C=O) groups excluding carboxylic acids is 1. The van der Waals surface area contributed by atoms with Crippen LogP contribution >= 0.6 is 0 Å². The molecule has 0 aliphatic carbocycles. The molecular weight excluding hydrogens is 301 g/mol. The lowest BCUT2D eigenvalue weighted by molar-refractivity contribution is 0.0770. The van der Waals surface area contributed by atoms with Crippen LogP contribution in [0.2, 0.25) is 0 Å². The van der Waals surface area contributed by atoms with Gasteiger partial charge in [-0.25, -0.2) is 4.98 Å². The maximum Gasteiger partial charge on any atom is 0.254 e. The van der Waals surface area contributed by atoms with E-state index >= 15 is 0 Å². The zero-order valence-electron chi connectivity index (χ0n) is 12.6. The molecule has 120 valence electrons. The highest BCUT2D eigenvalue weighted by atomic mass is 19.1. The fourth-order valence-corrected chi connectivity index (χ4v) is 2.47. The van der Waals surface area contributed by atoms with Gasteiger partial charge in [0.1, 0.15) is 6.10 Å². The van der Waals surface area contributed by atoms with E-state index in [9.17, 15) is 9.18 Å². The second kappa shape index (κ2) is 6.60. The Balaban J connectivity index is 1.63. The summed E-state index contributed by atoms with van der Waals surface area (Å²) < 4.78 is 23.7. The quantitative estimate of drug-likeness (QED) is 0.806. The second-order valence-electron chi connectivity index (χ2n) is 5.17. The third-order valence-electron chi connectivity index (χ3n) is 3.60. The summed E-state index contributed by atoms with van der Waals surface area (Å²) in [5, 5.41) is 0. The van der Waals surface area contributed by atoms with Crippen molar-refractivity contribution in [1.29, 1.82) is 0 Å². The number of hydrogen-bond acceptors (Lipinski definition) is 5. The monoisotopic (exact) mass is 317 g/mol. The third kappa shape index (κ3) is 3.56. The molecule has 2 aromatic heterocycles. The molecule has 1 aliphatic heterocycles. The van der Waals surface area contributed by atoms with Crippen LogP contribution in [0.5, 0.6) is 11.8 Å². The van der Waals surface area contributed by atoms with Gasteiger partial charge in [-0.3, -0.25) is 4.79 Å². The molecule has 3 rings (SSSR count). The van der Waals surface area contributed by atoms with E-state index in [2.05, 4.69) is 9.97 Å². The van der Waals surface area contributed by atoms with Crippen LogP contribution in [0.1, 0.15) is 16.8 Å². The second-order valence-corrected chi connectivity index (χ2v) is 5.17. The van der Waals surface area contributed by atoms with Gasteiger partial charge in [0.2, 0.25) is 17.7 Å². The van der Waals surface area contributed by atoms with Crippen molar-refractivity contribution in [2.24, 2.45) is 0 Å². The van der Waals surface area contributed by atoms with Gasteiger partial charge in [0.05, 0.1) is 13.7 Å². The molecule has 1 fully saturated rings. The van der Waals surface area contributed by atoms with Crippen LogP contribution in [0.25, 0.3) is 0 Å². The van der Waals surface area contributed by atoms with E-state index in [-0.39, 0.29) is 17.9 Å². The number of rotatable bonds is 4. The number of nitrogens with zero attached hydrogens (tertiary/aromatic N) is 3. The van der Waals surface area contributed by atoms with Crippen LogP contribution < -0.4 is 9.47 Å². The molecule has 1 atom stereocenters. The van der Waals surface area contributed by atoms with E-state index in [0.717, 1.165) is 0 Å². The molecule has 23 heavy (non-hydrogen) atoms. The molecule has 2 aromatic rings. The Morgan fingerprint density at radius 2 is 2.22 bits per heavy atom. The van der Waals surface area contributed by atoms with Gasteiger partial charge in [0.25, 0.3) is 5.91 Å². The number of aromatic nitrogens is 2. The minimum atomic E-state index is -0.586. The summed E-state index contributed by atoms with van der Waals surface area (Å²) in [6.45, 7) is 1.01. The highest BCUT2D eigenvalue weighted by Gasteiger charge is 2.28. The number of pyridine rings is 2. The normalized spacial score (nSPS) is 17.1. The number of hydrogen-bond donors (Lipinski definition) is 0. The van der Waals surface area contributed by atoms with Crippen LogP contribution in [0.3, 0.4) is 0 Å². The standard InChI is InChI=1S/C16H16FN3O3/c1-22-15-9-11(5-7-18-15)16(21)20-8-6-12(10-20)23-14-4-2-3-13(17)19-14/h2-5,7,9,12H,6,8,10H2,1H3. The molecule has 0 bridgehead atoms. The molecule has 1 amide bonds. The highest BCUT2D eigenvalue weighted by Crippen LogP contribution is 2.19. The van der Waals surface area contributed by atoms with E-state index in [4.69, 9.17) is 9.47 Å². The number of carbonyl (C=O) groups is 1. The van der Waals surface area contributed by atoms with Crippen LogP contribution in [0, 0.1) is 5.95 Å². The van der Waals surface area contributed by atoms with Crippen LogP contribution in [0.15, 0.2) is 36.5 Å². The van der Waals surface area contributed by atoms with E-state index < -0.39 is 5.95 Å². The Labute approximate surface area is 132 Å². The fourth-order valence-electron chi connectivity index (χ4n) is 2.47. The smallest absolute Gasteiger partial charge is 0.254 e. The SMILES string of the molecule is COc1cc(C(=O)N2CCC(Oc3cccc(F)n3)C2)ccn1. The number of halogens is 1. The van der Waals surface area contributed by atoms with Crippen molar-refractivity contribution in [1.82, 2.24) is 14.9 Å². The molecular formula is C16H16FN3O3. The topological polar surface area (TPSA) is 64.5 Å². The molecule has 3 heterocycles. The van der Waals surface area contributed by atoms with Crippen molar-refractivity contribution in [3.05, 3.63) is 48.0 Å². The van der Waals surface area contributed by atoms with Crippen molar-refractivity contribution in [3.63, 3.8) is 0 Å². The zero-order chi connectivity index (χ0) is 16.2. The minimum absolute atomic E-state index is 0.107. The lowest BCUT2D eigenvalue weighted by atomic mass is 10.2. The molecule has 0 N–H and O–H groups in total. The van der Waals surface area contributed by atoms with Crippen molar-refractivity contribution >= 4 is 5.91 Å². The molecule has 1 saturated heterocycles.